The molecule has 0 heterocycles. The third-order valence-electron chi connectivity index (χ3n) is 1.62. The Balaban J connectivity index is 3.12. The highest BCUT2D eigenvalue weighted by molar-refractivity contribution is 5.34. The molecule has 1 aromatic rings. The monoisotopic (exact) mass is 169 g/mol. The first-order chi connectivity index (χ1) is 5.65. The van der Waals surface area contributed by atoms with Gasteiger partial charge in [-0.25, -0.2) is 0 Å². The van der Waals surface area contributed by atoms with E-state index >= 15 is 0 Å². The Labute approximate surface area is 69.0 Å². The topological polar surface area (TPSA) is 43.1 Å². The van der Waals surface area contributed by atoms with Crippen LogP contribution < -0.4 is 0 Å². The third kappa shape index (κ3) is 1.58. The zero-order valence-electron chi connectivity index (χ0n) is 6.58. The van der Waals surface area contributed by atoms with Gasteiger partial charge in [0.05, 0.1) is 4.92 Å². The lowest BCUT2D eigenvalue weighted by molar-refractivity contribution is -0.387. The maximum Gasteiger partial charge on any atom is 0.304 e. The predicted molar refractivity (Wildman–Crippen MR) is 42.4 cm³/mol. The summed E-state index contributed by atoms with van der Waals surface area (Å²) in [6.45, 7) is 1.86. The van der Waals surface area contributed by atoms with Crippen LogP contribution in [0.5, 0.6) is 0 Å². The van der Waals surface area contributed by atoms with E-state index in [-0.39, 0.29) is 0 Å². The number of nitrogens with zero attached hydrogens (tertiary/aromatic N) is 1. The van der Waals surface area contributed by atoms with Crippen LogP contribution in [0.25, 0.3) is 0 Å². The molecule has 0 aromatic heterocycles. The first-order valence-electron chi connectivity index (χ1n) is 3.58. The molecule has 0 spiro atoms. The molecule has 0 aliphatic carbocycles. The molecule has 0 aliphatic heterocycles. The van der Waals surface area contributed by atoms with Gasteiger partial charge in [-0.1, -0.05) is 13.0 Å². The summed E-state index contributed by atoms with van der Waals surface area (Å²) < 4.78 is 12.8. The van der Waals surface area contributed by atoms with Gasteiger partial charge in [-0.05, 0) is 18.1 Å². The van der Waals surface area contributed by atoms with Gasteiger partial charge in [-0.3, -0.25) is 10.1 Å². The van der Waals surface area contributed by atoms with Crippen molar-refractivity contribution in [2.45, 2.75) is 13.3 Å². The Kier molecular flexibility index (Phi) is 2.38. The summed E-state index contributed by atoms with van der Waals surface area (Å²) in [6, 6.07) is 3.94. The lowest BCUT2D eigenvalue weighted by atomic mass is 10.1. The number of hydrogen-bond donors (Lipinski definition) is 0. The van der Waals surface area contributed by atoms with Crippen LogP contribution in [0.1, 0.15) is 12.5 Å². The first kappa shape index (κ1) is 8.64. The first-order valence-corrected chi connectivity index (χ1v) is 3.58. The van der Waals surface area contributed by atoms with Crippen LogP contribution in [0.3, 0.4) is 0 Å². The minimum atomic E-state index is -0.764. The Morgan fingerprint density at radius 1 is 1.58 bits per heavy atom. The van der Waals surface area contributed by atoms with E-state index in [1.54, 1.807) is 6.07 Å². The van der Waals surface area contributed by atoms with Crippen LogP contribution >= 0.6 is 0 Å². The lowest BCUT2D eigenvalue weighted by Crippen LogP contribution is -1.93. The van der Waals surface area contributed by atoms with Crippen molar-refractivity contribution in [2.24, 2.45) is 0 Å². The Morgan fingerprint density at radius 3 is 2.67 bits per heavy atom. The molecule has 0 fully saturated rings. The average molecular weight is 169 g/mol. The van der Waals surface area contributed by atoms with Gasteiger partial charge in [-0.2, -0.15) is 4.39 Å². The third-order valence-corrected chi connectivity index (χ3v) is 1.62. The zero-order valence-corrected chi connectivity index (χ0v) is 6.58. The van der Waals surface area contributed by atoms with E-state index in [1.165, 1.54) is 12.1 Å². The fourth-order valence-corrected chi connectivity index (χ4v) is 0.918. The van der Waals surface area contributed by atoms with Crippen molar-refractivity contribution in [3.8, 4) is 0 Å². The SMILES string of the molecule is CCc1ccc([N+](=O)[O-])c(F)c1. The van der Waals surface area contributed by atoms with Crippen molar-refractivity contribution in [1.29, 1.82) is 0 Å². The van der Waals surface area contributed by atoms with Gasteiger partial charge in [0.15, 0.2) is 0 Å². The van der Waals surface area contributed by atoms with Crippen LogP contribution in [0.2, 0.25) is 0 Å². The van der Waals surface area contributed by atoms with Gasteiger partial charge in [0.25, 0.3) is 0 Å². The van der Waals surface area contributed by atoms with Crippen molar-refractivity contribution in [3.05, 3.63) is 39.7 Å². The predicted octanol–water partition coefficient (Wildman–Crippen LogP) is 2.30. The van der Waals surface area contributed by atoms with E-state index in [9.17, 15) is 14.5 Å². The second-order valence-electron chi connectivity index (χ2n) is 2.40. The standard InChI is InChI=1S/C8H8FNO2/c1-2-6-3-4-8(10(11)12)7(9)5-6/h3-5H,2H2,1H3. The van der Waals surface area contributed by atoms with Crippen LogP contribution in [-0.4, -0.2) is 4.92 Å². The average Bonchev–Trinajstić information content (AvgIpc) is 2.03. The quantitative estimate of drug-likeness (QED) is 0.503. The van der Waals surface area contributed by atoms with Gasteiger partial charge < -0.3 is 0 Å². The molecule has 0 unspecified atom stereocenters. The number of halogens is 1. The van der Waals surface area contributed by atoms with Crippen LogP contribution in [0.15, 0.2) is 18.2 Å². The van der Waals surface area contributed by atoms with Gasteiger partial charge in [0.1, 0.15) is 0 Å². The summed E-state index contributed by atoms with van der Waals surface area (Å²) >= 11 is 0. The van der Waals surface area contributed by atoms with E-state index in [2.05, 4.69) is 0 Å². The highest BCUT2D eigenvalue weighted by Gasteiger charge is 2.12. The Bertz CT molecular complexity index is 312. The zero-order chi connectivity index (χ0) is 9.14. The number of benzene rings is 1. The molecule has 1 aromatic carbocycles. The molecular weight excluding hydrogens is 161 g/mol. The fourth-order valence-electron chi connectivity index (χ4n) is 0.918. The molecule has 1 rings (SSSR count). The van der Waals surface area contributed by atoms with E-state index in [0.717, 1.165) is 5.56 Å². The number of nitro benzene ring substituents is 1. The van der Waals surface area contributed by atoms with Crippen molar-refractivity contribution in [3.63, 3.8) is 0 Å². The largest absolute Gasteiger partial charge is 0.304 e. The van der Waals surface area contributed by atoms with E-state index in [0.29, 0.717) is 6.42 Å². The Hall–Kier alpha value is -1.45. The number of nitro groups is 1. The molecule has 0 radical (unpaired) electrons. The maximum atomic E-state index is 12.8. The van der Waals surface area contributed by atoms with Crippen LogP contribution in [-0.2, 0) is 6.42 Å². The maximum absolute atomic E-state index is 12.8. The van der Waals surface area contributed by atoms with Crippen LogP contribution in [0, 0.1) is 15.9 Å². The van der Waals surface area contributed by atoms with Crippen molar-refractivity contribution >= 4 is 5.69 Å². The molecule has 4 heteroatoms. The van der Waals surface area contributed by atoms with Crippen molar-refractivity contribution in [1.82, 2.24) is 0 Å². The molecule has 0 N–H and O–H groups in total. The van der Waals surface area contributed by atoms with E-state index in [1.807, 2.05) is 6.92 Å². The summed E-state index contributed by atoms with van der Waals surface area (Å²) in [7, 11) is 0. The molecule has 0 atom stereocenters. The van der Waals surface area contributed by atoms with Gasteiger partial charge in [0, 0.05) is 6.07 Å². The van der Waals surface area contributed by atoms with Crippen LogP contribution in [0.4, 0.5) is 10.1 Å². The molecule has 0 saturated carbocycles. The minimum Gasteiger partial charge on any atom is -0.258 e. The highest BCUT2D eigenvalue weighted by Crippen LogP contribution is 2.17. The summed E-state index contributed by atoms with van der Waals surface area (Å²) in [5, 5.41) is 10.2. The summed E-state index contributed by atoms with van der Waals surface area (Å²) in [5.74, 6) is -0.764. The van der Waals surface area contributed by atoms with Gasteiger partial charge in [-0.15, -0.1) is 0 Å². The van der Waals surface area contributed by atoms with Gasteiger partial charge in [0.2, 0.25) is 5.82 Å². The number of hydrogen-bond acceptors (Lipinski definition) is 2. The minimum absolute atomic E-state index is 0.466. The second-order valence-corrected chi connectivity index (χ2v) is 2.40. The molecule has 12 heavy (non-hydrogen) atoms. The Morgan fingerprint density at radius 2 is 2.25 bits per heavy atom. The lowest BCUT2D eigenvalue weighted by Gasteiger charge is -1.96. The molecule has 64 valence electrons. The highest BCUT2D eigenvalue weighted by atomic mass is 19.1. The summed E-state index contributed by atoms with van der Waals surface area (Å²) in [6.07, 6.45) is 0.676. The summed E-state index contributed by atoms with van der Waals surface area (Å²) in [5.41, 5.74) is 0.297. The van der Waals surface area contributed by atoms with Crippen molar-refractivity contribution in [2.75, 3.05) is 0 Å². The van der Waals surface area contributed by atoms with E-state index < -0.39 is 16.4 Å². The smallest absolute Gasteiger partial charge is 0.258 e. The van der Waals surface area contributed by atoms with E-state index in [4.69, 9.17) is 0 Å². The second kappa shape index (κ2) is 3.30. The molecule has 3 nitrogen and oxygen atoms in total. The molecular formula is C8H8FNO2. The number of aryl methyl sites for hydroxylation is 1. The molecule has 0 amide bonds. The molecule has 0 aliphatic rings. The summed E-state index contributed by atoms with van der Waals surface area (Å²) in [4.78, 5) is 9.46. The fraction of sp³-hybridized carbons (Fsp3) is 0.250. The van der Waals surface area contributed by atoms with Crippen molar-refractivity contribution < 1.29 is 9.31 Å². The molecule has 0 saturated heterocycles. The normalized spacial score (nSPS) is 9.83. The number of rotatable bonds is 2. The molecule has 0 bridgehead atoms. The van der Waals surface area contributed by atoms with Gasteiger partial charge >= 0.3 is 5.69 Å².